The van der Waals surface area contributed by atoms with Crippen LogP contribution < -0.4 is 5.32 Å². The fourth-order valence-electron chi connectivity index (χ4n) is 3.01. The van der Waals surface area contributed by atoms with Crippen molar-refractivity contribution >= 4 is 41.3 Å². The number of aryl methyl sites for hydroxylation is 1. The number of aromatic nitrogens is 3. The van der Waals surface area contributed by atoms with Crippen molar-refractivity contribution in [1.82, 2.24) is 25.0 Å². The van der Waals surface area contributed by atoms with E-state index in [1.54, 1.807) is 17.6 Å². The third-order valence-corrected chi connectivity index (χ3v) is 5.12. The number of halogens is 1. The predicted molar refractivity (Wildman–Crippen MR) is 129 cm³/mol. The quantitative estimate of drug-likeness (QED) is 0.278. The molecule has 0 bridgehead atoms. The number of nitrogens with zero attached hydrogens (tertiary/aromatic N) is 5. The number of hydrogen-bond acceptors (Lipinski definition) is 5. The van der Waals surface area contributed by atoms with Gasteiger partial charge in [0.1, 0.15) is 12.0 Å². The van der Waals surface area contributed by atoms with Gasteiger partial charge in [0.15, 0.2) is 5.96 Å². The summed E-state index contributed by atoms with van der Waals surface area (Å²) < 4.78 is 7.47. The molecule has 0 fully saturated rings. The van der Waals surface area contributed by atoms with E-state index in [-0.39, 0.29) is 24.0 Å². The van der Waals surface area contributed by atoms with Crippen LogP contribution in [0.25, 0.3) is 10.8 Å². The van der Waals surface area contributed by atoms with Gasteiger partial charge in [-0.2, -0.15) is 5.10 Å². The molecule has 0 aliphatic rings. The minimum absolute atomic E-state index is 0. The topological polar surface area (TPSA) is 71.5 Å². The molecule has 0 radical (unpaired) electrons. The van der Waals surface area contributed by atoms with Crippen molar-refractivity contribution in [2.75, 3.05) is 13.6 Å². The first-order chi connectivity index (χ1) is 13.5. The van der Waals surface area contributed by atoms with Gasteiger partial charge in [0, 0.05) is 38.9 Å². The molecule has 0 saturated carbocycles. The lowest BCUT2D eigenvalue weighted by Crippen LogP contribution is -2.38. The molecular formula is C20H29IN6OS. The zero-order chi connectivity index (χ0) is 20.1. The second kappa shape index (κ2) is 10.8. The van der Waals surface area contributed by atoms with Crippen molar-refractivity contribution < 1.29 is 4.42 Å². The smallest absolute Gasteiger partial charge is 0.236 e. The molecule has 7 nitrogen and oxygen atoms in total. The van der Waals surface area contributed by atoms with Gasteiger partial charge < -0.3 is 14.6 Å². The second-order valence-electron chi connectivity index (χ2n) is 7.02. The highest BCUT2D eigenvalue weighted by Gasteiger charge is 2.15. The molecule has 0 spiro atoms. The summed E-state index contributed by atoms with van der Waals surface area (Å²) in [7, 11) is 4.00. The number of hydrogen-bond donors (Lipinski definition) is 1. The molecule has 9 heteroatoms. The van der Waals surface area contributed by atoms with Crippen molar-refractivity contribution in [3.05, 3.63) is 46.9 Å². The van der Waals surface area contributed by atoms with Crippen molar-refractivity contribution in [2.45, 2.75) is 39.8 Å². The number of guanidine groups is 1. The Labute approximate surface area is 193 Å². The molecule has 0 aliphatic heterocycles. The molecule has 0 amide bonds. The summed E-state index contributed by atoms with van der Waals surface area (Å²) in [6.45, 7) is 8.41. The van der Waals surface area contributed by atoms with Crippen LogP contribution in [0.15, 0.2) is 39.4 Å². The fraction of sp³-hybridized carbons (Fsp3) is 0.450. The van der Waals surface area contributed by atoms with Gasteiger partial charge in [0.05, 0.1) is 17.1 Å². The van der Waals surface area contributed by atoms with E-state index in [1.807, 2.05) is 36.3 Å². The number of oxazole rings is 1. The molecule has 1 N–H and O–H groups in total. The molecule has 3 aromatic heterocycles. The fourth-order valence-corrected chi connectivity index (χ4v) is 3.67. The van der Waals surface area contributed by atoms with Crippen LogP contribution in [0.5, 0.6) is 0 Å². The van der Waals surface area contributed by atoms with E-state index in [9.17, 15) is 0 Å². The molecule has 3 aromatic rings. The SMILES string of the molecule is CCNC(=NCc1coc(-c2cccs2)n1)N(C)Cc1cn(C)nc1C(C)C.I. The normalized spacial score (nSPS) is 11.6. The summed E-state index contributed by atoms with van der Waals surface area (Å²) >= 11 is 1.61. The number of thiophene rings is 1. The summed E-state index contributed by atoms with van der Waals surface area (Å²) in [5, 5.41) is 9.97. The lowest BCUT2D eigenvalue weighted by atomic mass is 10.1. The molecule has 0 aliphatic carbocycles. The van der Waals surface area contributed by atoms with Crippen molar-refractivity contribution in [2.24, 2.45) is 12.0 Å². The summed E-state index contributed by atoms with van der Waals surface area (Å²) in [6, 6.07) is 3.99. The maximum atomic E-state index is 5.59. The third-order valence-electron chi connectivity index (χ3n) is 4.26. The van der Waals surface area contributed by atoms with Gasteiger partial charge in [0.2, 0.25) is 5.89 Å². The van der Waals surface area contributed by atoms with E-state index in [4.69, 9.17) is 9.41 Å². The van der Waals surface area contributed by atoms with E-state index < -0.39 is 0 Å². The largest absolute Gasteiger partial charge is 0.443 e. The molecule has 0 aromatic carbocycles. The highest BCUT2D eigenvalue weighted by Crippen LogP contribution is 2.24. The summed E-state index contributed by atoms with van der Waals surface area (Å²) in [6.07, 6.45) is 3.76. The monoisotopic (exact) mass is 528 g/mol. The van der Waals surface area contributed by atoms with E-state index in [2.05, 4.69) is 47.3 Å². The lowest BCUT2D eigenvalue weighted by Gasteiger charge is -2.22. The van der Waals surface area contributed by atoms with Crippen LogP contribution in [-0.4, -0.2) is 39.2 Å². The van der Waals surface area contributed by atoms with Crippen molar-refractivity contribution in [1.29, 1.82) is 0 Å². The molecular weight excluding hydrogens is 499 g/mol. The zero-order valence-corrected chi connectivity index (χ0v) is 20.7. The van der Waals surface area contributed by atoms with Crippen LogP contribution >= 0.6 is 35.3 Å². The van der Waals surface area contributed by atoms with E-state index in [0.29, 0.717) is 18.4 Å². The Hall–Kier alpha value is -1.88. The third kappa shape index (κ3) is 6.05. The molecule has 3 heterocycles. The van der Waals surface area contributed by atoms with Gasteiger partial charge in [-0.05, 0) is 24.3 Å². The molecule has 158 valence electrons. The Morgan fingerprint density at radius 1 is 1.41 bits per heavy atom. The van der Waals surface area contributed by atoms with Crippen LogP contribution in [0.1, 0.15) is 43.6 Å². The maximum Gasteiger partial charge on any atom is 0.236 e. The molecule has 0 unspecified atom stereocenters. The second-order valence-corrected chi connectivity index (χ2v) is 7.96. The van der Waals surface area contributed by atoms with Crippen LogP contribution in [0, 0.1) is 0 Å². The first-order valence-electron chi connectivity index (χ1n) is 9.48. The first kappa shape index (κ1) is 23.4. The van der Waals surface area contributed by atoms with Gasteiger partial charge in [-0.15, -0.1) is 35.3 Å². The van der Waals surface area contributed by atoms with Crippen molar-refractivity contribution in [3.8, 4) is 10.8 Å². The predicted octanol–water partition coefficient (Wildman–Crippen LogP) is 4.48. The highest BCUT2D eigenvalue weighted by atomic mass is 127. The first-order valence-corrected chi connectivity index (χ1v) is 10.4. The van der Waals surface area contributed by atoms with Crippen molar-refractivity contribution in [3.63, 3.8) is 0 Å². The number of nitrogens with one attached hydrogen (secondary N) is 1. The highest BCUT2D eigenvalue weighted by molar-refractivity contribution is 14.0. The van der Waals surface area contributed by atoms with Gasteiger partial charge in [-0.25, -0.2) is 9.98 Å². The number of aliphatic imine (C=N–C) groups is 1. The van der Waals surface area contributed by atoms with Gasteiger partial charge in [-0.1, -0.05) is 19.9 Å². The Morgan fingerprint density at radius 3 is 2.86 bits per heavy atom. The van der Waals surface area contributed by atoms with Crippen LogP contribution in [0.3, 0.4) is 0 Å². The molecule has 0 saturated heterocycles. The zero-order valence-electron chi connectivity index (χ0n) is 17.5. The summed E-state index contributed by atoms with van der Waals surface area (Å²) in [5.41, 5.74) is 3.16. The van der Waals surface area contributed by atoms with E-state index in [1.165, 1.54) is 5.56 Å². The van der Waals surface area contributed by atoms with E-state index in [0.717, 1.165) is 35.3 Å². The van der Waals surface area contributed by atoms with E-state index >= 15 is 0 Å². The maximum absolute atomic E-state index is 5.59. The Morgan fingerprint density at radius 2 is 2.21 bits per heavy atom. The van der Waals surface area contributed by atoms with Gasteiger partial charge in [0.25, 0.3) is 0 Å². The molecule has 3 rings (SSSR count). The Balaban J connectivity index is 0.00000300. The molecule has 29 heavy (non-hydrogen) atoms. The number of rotatable bonds is 7. The summed E-state index contributed by atoms with van der Waals surface area (Å²) in [5.74, 6) is 1.87. The molecule has 0 atom stereocenters. The Bertz CT molecular complexity index is 915. The standard InChI is InChI=1S/C20H28N6OS.HI/c1-6-21-20(25(4)11-15-12-26(5)24-18(15)14(2)3)22-10-16-13-27-19(23-16)17-8-7-9-28-17;/h7-9,12-14H,6,10-11H2,1-5H3,(H,21,22);1H. The lowest BCUT2D eigenvalue weighted by molar-refractivity contribution is 0.473. The van der Waals surface area contributed by atoms with Gasteiger partial charge >= 0.3 is 0 Å². The van der Waals surface area contributed by atoms with Gasteiger partial charge in [-0.3, -0.25) is 4.68 Å². The Kier molecular flexibility index (Phi) is 8.69. The van der Waals surface area contributed by atoms with Crippen LogP contribution in [0.2, 0.25) is 0 Å². The minimum Gasteiger partial charge on any atom is -0.443 e. The average Bonchev–Trinajstić information content (AvgIpc) is 3.38. The van der Waals surface area contributed by atoms with Crippen LogP contribution in [-0.2, 0) is 20.1 Å². The summed E-state index contributed by atoms with van der Waals surface area (Å²) in [4.78, 5) is 12.4. The van der Waals surface area contributed by atoms with Crippen LogP contribution in [0.4, 0.5) is 0 Å². The average molecular weight is 528 g/mol. The minimum atomic E-state index is 0.